The molecule has 0 spiro atoms. The van der Waals surface area contributed by atoms with Crippen LogP contribution in [0.1, 0.15) is 36.6 Å². The molecule has 27 heavy (non-hydrogen) atoms. The molecular weight excluding hydrogens is 342 g/mol. The summed E-state index contributed by atoms with van der Waals surface area (Å²) in [6.07, 6.45) is 3.88. The number of aromatic nitrogens is 3. The van der Waals surface area contributed by atoms with Crippen LogP contribution in [-0.2, 0) is 16.1 Å². The Bertz CT molecular complexity index is 713. The third-order valence-electron chi connectivity index (χ3n) is 5.54. The van der Waals surface area contributed by atoms with Gasteiger partial charge in [-0.2, -0.15) is 5.10 Å². The van der Waals surface area contributed by atoms with Gasteiger partial charge in [0.25, 0.3) is 0 Å². The van der Waals surface area contributed by atoms with Gasteiger partial charge in [0.05, 0.1) is 19.1 Å². The molecule has 1 aromatic carbocycles. The number of carbonyl (C=O) groups excluding carboxylic acids is 1. The van der Waals surface area contributed by atoms with Gasteiger partial charge in [-0.25, -0.2) is 4.98 Å². The molecule has 0 radical (unpaired) electrons. The van der Waals surface area contributed by atoms with Gasteiger partial charge in [-0.1, -0.05) is 30.3 Å². The van der Waals surface area contributed by atoms with Crippen LogP contribution in [0.25, 0.3) is 0 Å². The summed E-state index contributed by atoms with van der Waals surface area (Å²) < 4.78 is 5.87. The van der Waals surface area contributed by atoms with Crippen LogP contribution in [0, 0.1) is 0 Å². The Kier molecular flexibility index (Phi) is 5.79. The van der Waals surface area contributed by atoms with E-state index < -0.39 is 0 Å². The minimum Gasteiger partial charge on any atom is -0.375 e. The number of H-pyrrole nitrogens is 1. The summed E-state index contributed by atoms with van der Waals surface area (Å²) in [4.78, 5) is 21.3. The lowest BCUT2D eigenvalue weighted by Gasteiger charge is -2.35. The molecular formula is C20H27N5O2. The number of piperidine rings is 1. The molecule has 1 amide bonds. The van der Waals surface area contributed by atoms with Crippen molar-refractivity contribution in [3.05, 3.63) is 48.0 Å². The van der Waals surface area contributed by atoms with Crippen molar-refractivity contribution in [1.29, 1.82) is 0 Å². The van der Waals surface area contributed by atoms with E-state index in [0.717, 1.165) is 51.4 Å². The standard InChI is InChI=1S/C20H27N5O2/c26-19(25-8-6-17(7-9-25)20-21-15-22-23-20)12-18-14-24(10-11-27-18)13-16-4-2-1-3-5-16/h1-5,15,17-18H,6-14H2,(H,21,22,23)/t18-/m0/s1. The SMILES string of the molecule is O=C(C[C@H]1CN(Cc2ccccc2)CCO1)N1CCC(c2ncn[nH]2)CC1. The van der Waals surface area contributed by atoms with Crippen LogP contribution in [0.4, 0.5) is 0 Å². The number of hydrogen-bond acceptors (Lipinski definition) is 5. The summed E-state index contributed by atoms with van der Waals surface area (Å²) in [6, 6.07) is 10.5. The minimum absolute atomic E-state index is 0.0121. The van der Waals surface area contributed by atoms with E-state index >= 15 is 0 Å². The zero-order chi connectivity index (χ0) is 18.5. The summed E-state index contributed by atoms with van der Waals surface area (Å²) in [5, 5.41) is 6.88. The number of carbonyl (C=O) groups is 1. The highest BCUT2D eigenvalue weighted by atomic mass is 16.5. The molecule has 0 unspecified atom stereocenters. The molecule has 2 aliphatic heterocycles. The van der Waals surface area contributed by atoms with Crippen LogP contribution in [0.2, 0.25) is 0 Å². The number of nitrogens with one attached hydrogen (secondary N) is 1. The maximum atomic E-state index is 12.7. The van der Waals surface area contributed by atoms with Crippen molar-refractivity contribution in [2.24, 2.45) is 0 Å². The highest BCUT2D eigenvalue weighted by molar-refractivity contribution is 5.76. The smallest absolute Gasteiger partial charge is 0.225 e. The molecule has 4 rings (SSSR count). The van der Waals surface area contributed by atoms with Gasteiger partial charge in [0.15, 0.2) is 0 Å². The monoisotopic (exact) mass is 369 g/mol. The minimum atomic E-state index is -0.0121. The summed E-state index contributed by atoms with van der Waals surface area (Å²) in [5.41, 5.74) is 1.30. The van der Waals surface area contributed by atoms with E-state index in [2.05, 4.69) is 44.3 Å². The van der Waals surface area contributed by atoms with Crippen LogP contribution in [0.5, 0.6) is 0 Å². The van der Waals surface area contributed by atoms with Crippen LogP contribution in [-0.4, -0.2) is 69.8 Å². The van der Waals surface area contributed by atoms with E-state index in [4.69, 9.17) is 4.74 Å². The molecule has 7 heteroatoms. The second-order valence-electron chi connectivity index (χ2n) is 7.44. The van der Waals surface area contributed by atoms with Crippen molar-refractivity contribution in [3.8, 4) is 0 Å². The quantitative estimate of drug-likeness (QED) is 0.870. The number of aromatic amines is 1. The van der Waals surface area contributed by atoms with Crippen molar-refractivity contribution >= 4 is 5.91 Å². The van der Waals surface area contributed by atoms with E-state index in [0.29, 0.717) is 18.9 Å². The first-order valence-corrected chi connectivity index (χ1v) is 9.79. The van der Waals surface area contributed by atoms with Crippen LogP contribution in [0.15, 0.2) is 36.7 Å². The lowest BCUT2D eigenvalue weighted by Crippen LogP contribution is -2.45. The number of likely N-dealkylation sites (tertiary alicyclic amines) is 1. The molecule has 0 saturated carbocycles. The average Bonchev–Trinajstić information content (AvgIpc) is 3.24. The topological polar surface area (TPSA) is 74.3 Å². The van der Waals surface area contributed by atoms with Crippen molar-refractivity contribution in [1.82, 2.24) is 25.0 Å². The Labute approximate surface area is 159 Å². The maximum Gasteiger partial charge on any atom is 0.225 e. The van der Waals surface area contributed by atoms with Gasteiger partial charge in [-0.3, -0.25) is 14.8 Å². The molecule has 2 saturated heterocycles. The molecule has 2 aromatic rings. The zero-order valence-electron chi connectivity index (χ0n) is 15.6. The Balaban J connectivity index is 1.24. The molecule has 3 heterocycles. The van der Waals surface area contributed by atoms with E-state index in [1.165, 1.54) is 5.56 Å². The fourth-order valence-electron chi connectivity index (χ4n) is 4.03. The van der Waals surface area contributed by atoms with E-state index in [9.17, 15) is 4.79 Å². The molecule has 0 aliphatic carbocycles. The van der Waals surface area contributed by atoms with Crippen molar-refractivity contribution < 1.29 is 9.53 Å². The summed E-state index contributed by atoms with van der Waals surface area (Å²) in [6.45, 7) is 4.91. The third kappa shape index (κ3) is 4.73. The largest absolute Gasteiger partial charge is 0.375 e. The number of nitrogens with zero attached hydrogens (tertiary/aromatic N) is 4. The number of benzene rings is 1. The van der Waals surface area contributed by atoms with Crippen molar-refractivity contribution in [3.63, 3.8) is 0 Å². The van der Waals surface area contributed by atoms with Gasteiger partial charge in [0, 0.05) is 38.6 Å². The third-order valence-corrected chi connectivity index (χ3v) is 5.54. The number of rotatable bonds is 5. The fourth-order valence-corrected chi connectivity index (χ4v) is 4.03. The number of ether oxygens (including phenoxy) is 1. The molecule has 2 aliphatic rings. The van der Waals surface area contributed by atoms with E-state index in [-0.39, 0.29) is 12.0 Å². The predicted molar refractivity (Wildman–Crippen MR) is 101 cm³/mol. The Morgan fingerprint density at radius 1 is 1.19 bits per heavy atom. The zero-order valence-corrected chi connectivity index (χ0v) is 15.6. The first kappa shape index (κ1) is 18.1. The van der Waals surface area contributed by atoms with Gasteiger partial charge in [-0.15, -0.1) is 0 Å². The Hall–Kier alpha value is -2.25. The fraction of sp³-hybridized carbons (Fsp3) is 0.550. The number of hydrogen-bond donors (Lipinski definition) is 1. The molecule has 2 fully saturated rings. The summed E-state index contributed by atoms with van der Waals surface area (Å²) in [5.74, 6) is 1.52. The van der Waals surface area contributed by atoms with Crippen molar-refractivity contribution in [2.75, 3.05) is 32.8 Å². The number of morpholine rings is 1. The van der Waals surface area contributed by atoms with E-state index in [1.807, 2.05) is 11.0 Å². The van der Waals surface area contributed by atoms with Gasteiger partial charge in [0.2, 0.25) is 5.91 Å². The first-order valence-electron chi connectivity index (χ1n) is 9.79. The molecule has 1 aromatic heterocycles. The van der Waals surface area contributed by atoms with Gasteiger partial charge in [-0.05, 0) is 18.4 Å². The second-order valence-corrected chi connectivity index (χ2v) is 7.44. The van der Waals surface area contributed by atoms with Crippen LogP contribution < -0.4 is 0 Å². The molecule has 0 bridgehead atoms. The molecule has 7 nitrogen and oxygen atoms in total. The highest BCUT2D eigenvalue weighted by Crippen LogP contribution is 2.25. The second kappa shape index (κ2) is 8.63. The molecule has 144 valence electrons. The molecule has 1 atom stereocenters. The molecule has 1 N–H and O–H groups in total. The van der Waals surface area contributed by atoms with E-state index in [1.54, 1.807) is 6.33 Å². The number of amides is 1. The van der Waals surface area contributed by atoms with Gasteiger partial charge >= 0.3 is 0 Å². The summed E-state index contributed by atoms with van der Waals surface area (Å²) >= 11 is 0. The Morgan fingerprint density at radius 3 is 2.74 bits per heavy atom. The van der Waals surface area contributed by atoms with Gasteiger partial charge in [0.1, 0.15) is 12.2 Å². The first-order chi connectivity index (χ1) is 13.3. The Morgan fingerprint density at radius 2 is 2.00 bits per heavy atom. The van der Waals surface area contributed by atoms with Crippen molar-refractivity contribution in [2.45, 2.75) is 37.8 Å². The highest BCUT2D eigenvalue weighted by Gasteiger charge is 2.29. The maximum absolute atomic E-state index is 12.7. The normalized spacial score (nSPS) is 22.1. The lowest BCUT2D eigenvalue weighted by atomic mass is 9.96. The lowest BCUT2D eigenvalue weighted by molar-refractivity contribution is -0.137. The van der Waals surface area contributed by atoms with Gasteiger partial charge < -0.3 is 9.64 Å². The van der Waals surface area contributed by atoms with Crippen LogP contribution in [0.3, 0.4) is 0 Å². The average molecular weight is 369 g/mol. The van der Waals surface area contributed by atoms with Crippen LogP contribution >= 0.6 is 0 Å². The predicted octanol–water partition coefficient (Wildman–Crippen LogP) is 1.80. The summed E-state index contributed by atoms with van der Waals surface area (Å²) in [7, 11) is 0.